The lowest BCUT2D eigenvalue weighted by atomic mass is 9.85. The summed E-state index contributed by atoms with van der Waals surface area (Å²) in [6.45, 7) is 0. The van der Waals surface area contributed by atoms with Crippen molar-refractivity contribution in [3.63, 3.8) is 0 Å². The summed E-state index contributed by atoms with van der Waals surface area (Å²) in [5.41, 5.74) is 2.48. The van der Waals surface area contributed by atoms with Gasteiger partial charge >= 0.3 is 0 Å². The number of benzene rings is 1. The molecule has 0 bridgehead atoms. The maximum Gasteiger partial charge on any atom is 0.171 e. The number of Topliss-reactive ketones (excluding diaryl/α,β-unsaturated/α-hetero) is 1. The Morgan fingerprint density at radius 3 is 2.74 bits per heavy atom. The van der Waals surface area contributed by atoms with Gasteiger partial charge in [0.1, 0.15) is 0 Å². The molecule has 1 atom stereocenters. The van der Waals surface area contributed by atoms with Gasteiger partial charge in [-0.1, -0.05) is 15.9 Å². The van der Waals surface area contributed by atoms with E-state index in [-0.39, 0.29) is 11.8 Å². The van der Waals surface area contributed by atoms with Crippen molar-refractivity contribution in [1.82, 2.24) is 10.6 Å². The second-order valence-electron chi connectivity index (χ2n) is 5.43. The minimum absolute atomic E-state index is 0.139. The second kappa shape index (κ2) is 6.49. The molecule has 0 amide bonds. The van der Waals surface area contributed by atoms with Gasteiger partial charge in [-0.2, -0.15) is 0 Å². The van der Waals surface area contributed by atoms with E-state index in [4.69, 9.17) is 21.7 Å². The number of thiocarbonyl (C=S) groups is 1. The number of nitrogens with one attached hydrogen (secondary N) is 2. The molecule has 122 valence electrons. The number of halogens is 1. The first-order valence-electron chi connectivity index (χ1n) is 7.30. The third-order valence-electron chi connectivity index (χ3n) is 4.07. The average Bonchev–Trinajstić information content (AvgIpc) is 2.53. The van der Waals surface area contributed by atoms with E-state index in [2.05, 4.69) is 26.6 Å². The van der Waals surface area contributed by atoms with Crippen molar-refractivity contribution in [3.8, 4) is 11.5 Å². The monoisotopic (exact) mass is 396 g/mol. The Hall–Kier alpha value is -1.60. The van der Waals surface area contributed by atoms with Gasteiger partial charge in [-0.05, 0) is 37.2 Å². The molecule has 1 aliphatic carbocycles. The van der Waals surface area contributed by atoms with Crippen molar-refractivity contribution in [3.05, 3.63) is 33.4 Å². The van der Waals surface area contributed by atoms with Gasteiger partial charge in [0.25, 0.3) is 0 Å². The third-order valence-corrected chi connectivity index (χ3v) is 4.75. The standard InChI is InChI=1S/C16H17BrN2O3S/c1-21-12-7-8(17)6-9(15(12)22-2)14-13-10(18-16(23)19-14)4-3-5-11(13)20/h6-7,14H,3-5H2,1-2H3,(H2,18,19,23). The highest BCUT2D eigenvalue weighted by atomic mass is 79.9. The predicted octanol–water partition coefficient (Wildman–Crippen LogP) is 2.99. The van der Waals surface area contributed by atoms with Crippen LogP contribution in [0, 0.1) is 0 Å². The Labute approximate surface area is 148 Å². The molecule has 23 heavy (non-hydrogen) atoms. The van der Waals surface area contributed by atoms with Crippen LogP contribution in [-0.2, 0) is 4.79 Å². The van der Waals surface area contributed by atoms with Crippen molar-refractivity contribution >= 4 is 39.0 Å². The van der Waals surface area contributed by atoms with Crippen LogP contribution in [0.5, 0.6) is 11.5 Å². The Morgan fingerprint density at radius 1 is 1.26 bits per heavy atom. The van der Waals surface area contributed by atoms with Crippen molar-refractivity contribution < 1.29 is 14.3 Å². The number of ketones is 1. The maximum absolute atomic E-state index is 12.5. The molecule has 1 aromatic carbocycles. The first-order chi connectivity index (χ1) is 11.0. The van der Waals surface area contributed by atoms with Gasteiger partial charge in [0.2, 0.25) is 0 Å². The zero-order chi connectivity index (χ0) is 16.6. The van der Waals surface area contributed by atoms with Crippen molar-refractivity contribution in [1.29, 1.82) is 0 Å². The fourth-order valence-corrected chi connectivity index (χ4v) is 3.81. The molecule has 0 saturated heterocycles. The summed E-state index contributed by atoms with van der Waals surface area (Å²) >= 11 is 8.80. The normalized spacial score (nSPS) is 20.6. The van der Waals surface area contributed by atoms with E-state index >= 15 is 0 Å². The Kier molecular flexibility index (Phi) is 4.59. The number of hydrogen-bond acceptors (Lipinski definition) is 4. The van der Waals surface area contributed by atoms with E-state index in [9.17, 15) is 4.79 Å². The van der Waals surface area contributed by atoms with Crippen LogP contribution < -0.4 is 20.1 Å². The Bertz CT molecular complexity index is 718. The maximum atomic E-state index is 12.5. The number of ether oxygens (including phenoxy) is 2. The molecule has 1 heterocycles. The minimum atomic E-state index is -0.340. The van der Waals surface area contributed by atoms with Gasteiger partial charge in [-0.15, -0.1) is 0 Å². The summed E-state index contributed by atoms with van der Waals surface area (Å²) in [7, 11) is 3.18. The van der Waals surface area contributed by atoms with Crippen LogP contribution in [0.4, 0.5) is 0 Å². The van der Waals surface area contributed by atoms with Crippen molar-refractivity contribution in [2.24, 2.45) is 0 Å². The van der Waals surface area contributed by atoms with Gasteiger partial charge in [0.05, 0.1) is 20.3 Å². The van der Waals surface area contributed by atoms with Crippen LogP contribution in [0.15, 0.2) is 27.9 Å². The third kappa shape index (κ3) is 2.95. The van der Waals surface area contributed by atoms with Crippen molar-refractivity contribution in [2.45, 2.75) is 25.3 Å². The van der Waals surface area contributed by atoms with E-state index < -0.39 is 0 Å². The van der Waals surface area contributed by atoms with Crippen LogP contribution >= 0.6 is 28.1 Å². The van der Waals surface area contributed by atoms with E-state index in [0.29, 0.717) is 23.0 Å². The number of rotatable bonds is 3. The summed E-state index contributed by atoms with van der Waals surface area (Å²) < 4.78 is 11.8. The SMILES string of the molecule is COc1cc(Br)cc(C2NC(=S)NC3=C2C(=O)CCC3)c1OC. The fraction of sp³-hybridized carbons (Fsp3) is 0.375. The summed E-state index contributed by atoms with van der Waals surface area (Å²) in [6, 6.07) is 3.42. The predicted molar refractivity (Wildman–Crippen MR) is 94.7 cm³/mol. The lowest BCUT2D eigenvalue weighted by molar-refractivity contribution is -0.116. The molecule has 7 heteroatoms. The number of hydrogen-bond donors (Lipinski definition) is 2. The highest BCUT2D eigenvalue weighted by Crippen LogP contribution is 2.42. The van der Waals surface area contributed by atoms with Gasteiger partial charge in [-0.25, -0.2) is 0 Å². The van der Waals surface area contributed by atoms with Crippen LogP contribution in [-0.4, -0.2) is 25.1 Å². The Balaban J connectivity index is 2.18. The Morgan fingerprint density at radius 2 is 2.04 bits per heavy atom. The molecule has 0 aromatic heterocycles. The van der Waals surface area contributed by atoms with Gasteiger partial charge in [0.15, 0.2) is 22.4 Å². The minimum Gasteiger partial charge on any atom is -0.493 e. The molecule has 0 saturated carbocycles. The number of carbonyl (C=O) groups is 1. The first-order valence-corrected chi connectivity index (χ1v) is 8.50. The molecule has 2 N–H and O–H groups in total. The smallest absolute Gasteiger partial charge is 0.171 e. The molecular weight excluding hydrogens is 380 g/mol. The number of carbonyl (C=O) groups excluding carboxylic acids is 1. The van der Waals surface area contributed by atoms with Crippen molar-refractivity contribution in [2.75, 3.05) is 14.2 Å². The zero-order valence-electron chi connectivity index (χ0n) is 12.9. The first kappa shape index (κ1) is 16.3. The quantitative estimate of drug-likeness (QED) is 0.765. The largest absolute Gasteiger partial charge is 0.493 e. The lowest BCUT2D eigenvalue weighted by Crippen LogP contribution is -2.46. The topological polar surface area (TPSA) is 59.6 Å². The molecule has 5 nitrogen and oxygen atoms in total. The molecule has 1 aromatic rings. The summed E-state index contributed by atoms with van der Waals surface area (Å²) in [5, 5.41) is 6.84. The van der Waals surface area contributed by atoms with E-state index in [1.54, 1.807) is 14.2 Å². The van der Waals surface area contributed by atoms with Crippen LogP contribution in [0.1, 0.15) is 30.9 Å². The lowest BCUT2D eigenvalue weighted by Gasteiger charge is -2.34. The molecule has 1 unspecified atom stereocenters. The fourth-order valence-electron chi connectivity index (χ4n) is 3.11. The zero-order valence-corrected chi connectivity index (χ0v) is 15.3. The molecule has 1 aliphatic heterocycles. The van der Waals surface area contributed by atoms with Crippen LogP contribution in [0.25, 0.3) is 0 Å². The second-order valence-corrected chi connectivity index (χ2v) is 6.75. The van der Waals surface area contributed by atoms with E-state index in [1.807, 2.05) is 12.1 Å². The summed E-state index contributed by atoms with van der Waals surface area (Å²) in [5.74, 6) is 1.34. The molecule has 0 radical (unpaired) electrons. The van der Waals surface area contributed by atoms with Crippen LogP contribution in [0.3, 0.4) is 0 Å². The molecule has 0 fully saturated rings. The number of allylic oxidation sites excluding steroid dienone is 1. The van der Waals surface area contributed by atoms with Gasteiger partial charge in [0, 0.05) is 27.7 Å². The number of methoxy groups -OCH3 is 2. The van der Waals surface area contributed by atoms with Gasteiger partial charge in [-0.3, -0.25) is 4.79 Å². The van der Waals surface area contributed by atoms with E-state index in [1.165, 1.54) is 0 Å². The van der Waals surface area contributed by atoms with Crippen LogP contribution in [0.2, 0.25) is 0 Å². The molecular formula is C16H17BrN2O3S. The molecule has 3 rings (SSSR count). The average molecular weight is 397 g/mol. The van der Waals surface area contributed by atoms with E-state index in [0.717, 1.165) is 34.1 Å². The summed E-state index contributed by atoms with van der Waals surface area (Å²) in [4.78, 5) is 12.5. The highest BCUT2D eigenvalue weighted by Gasteiger charge is 2.35. The van der Waals surface area contributed by atoms with Gasteiger partial charge < -0.3 is 20.1 Å². The molecule has 2 aliphatic rings. The highest BCUT2D eigenvalue weighted by molar-refractivity contribution is 9.10. The molecule has 0 spiro atoms. The summed E-state index contributed by atoms with van der Waals surface area (Å²) in [6.07, 6.45) is 2.23.